The predicted molar refractivity (Wildman–Crippen MR) is 99.2 cm³/mol. The summed E-state index contributed by atoms with van der Waals surface area (Å²) < 4.78 is 5.63. The fourth-order valence-corrected chi connectivity index (χ4v) is 3.50. The molecule has 1 atom stereocenters. The molecule has 136 valence electrons. The van der Waals surface area contributed by atoms with Gasteiger partial charge in [-0.2, -0.15) is 0 Å². The predicted octanol–water partition coefficient (Wildman–Crippen LogP) is 2.69. The zero-order valence-electron chi connectivity index (χ0n) is 15.0. The van der Waals surface area contributed by atoms with Crippen LogP contribution in [-0.4, -0.2) is 30.4 Å². The highest BCUT2D eigenvalue weighted by Gasteiger charge is 2.59. The Morgan fingerprint density at radius 2 is 1.85 bits per heavy atom. The van der Waals surface area contributed by atoms with E-state index in [2.05, 4.69) is 5.32 Å². The number of hydrogen-bond donors (Lipinski definition) is 1. The summed E-state index contributed by atoms with van der Waals surface area (Å²) in [6.07, 6.45) is 0. The first-order valence-electron chi connectivity index (χ1n) is 8.14. The van der Waals surface area contributed by atoms with Crippen molar-refractivity contribution in [2.45, 2.75) is 31.9 Å². The Kier molecular flexibility index (Phi) is 4.36. The van der Waals surface area contributed by atoms with Crippen molar-refractivity contribution in [3.63, 3.8) is 0 Å². The largest absolute Gasteiger partial charge is 0.429 e. The van der Waals surface area contributed by atoms with Gasteiger partial charge in [-0.3, -0.25) is 9.59 Å². The number of amides is 2. The maximum atomic E-state index is 13.2. The lowest BCUT2D eigenvalue weighted by atomic mass is 9.92. The molecule has 2 heterocycles. The highest BCUT2D eigenvalue weighted by Crippen LogP contribution is 2.43. The molecule has 0 saturated heterocycles. The van der Waals surface area contributed by atoms with Gasteiger partial charge in [-0.1, -0.05) is 24.3 Å². The minimum atomic E-state index is -2.04. The molecule has 0 radical (unpaired) electrons. The van der Waals surface area contributed by atoms with Crippen molar-refractivity contribution in [1.29, 1.82) is 0 Å². The number of esters is 1. The lowest BCUT2D eigenvalue weighted by molar-refractivity contribution is -0.153. The molecule has 0 fully saturated rings. The molecule has 1 aromatic heterocycles. The van der Waals surface area contributed by atoms with Crippen LogP contribution in [0.5, 0.6) is 0 Å². The molecule has 6 nitrogen and oxygen atoms in total. The molecule has 7 heteroatoms. The highest BCUT2D eigenvalue weighted by molar-refractivity contribution is 7.12. The summed E-state index contributed by atoms with van der Waals surface area (Å²) in [7, 11) is 1.56. The minimum absolute atomic E-state index is 0.327. The summed E-state index contributed by atoms with van der Waals surface area (Å²) in [6.45, 7) is 5.40. The van der Waals surface area contributed by atoms with Gasteiger partial charge in [0.05, 0.1) is 5.69 Å². The van der Waals surface area contributed by atoms with Crippen LogP contribution in [0.3, 0.4) is 0 Å². The molecule has 2 aromatic rings. The van der Waals surface area contributed by atoms with Crippen molar-refractivity contribution < 1.29 is 19.1 Å². The number of para-hydroxylation sites is 1. The Bertz CT molecular complexity index is 870. The summed E-state index contributed by atoms with van der Waals surface area (Å²) in [4.78, 5) is 40.6. The van der Waals surface area contributed by atoms with Gasteiger partial charge in [0.2, 0.25) is 0 Å². The third-order valence-electron chi connectivity index (χ3n) is 4.03. The summed E-state index contributed by atoms with van der Waals surface area (Å²) in [6, 6.07) is 10.1. The van der Waals surface area contributed by atoms with E-state index in [1.54, 1.807) is 69.6 Å². The van der Waals surface area contributed by atoms with E-state index in [0.717, 1.165) is 0 Å². The standard InChI is InChI=1S/C19H20N2O4S/c1-18(2,3)20-16(23)19(25-15(22)14-10-7-11-26-14)12-8-5-6-9-13(12)21(4)17(19)24/h5-11H,1-4H3,(H,20,23). The first-order valence-corrected chi connectivity index (χ1v) is 9.02. The van der Waals surface area contributed by atoms with Crippen molar-refractivity contribution in [2.24, 2.45) is 0 Å². The normalized spacial score (nSPS) is 19.2. The molecule has 0 bridgehead atoms. The van der Waals surface area contributed by atoms with E-state index in [1.165, 1.54) is 16.2 Å². The van der Waals surface area contributed by atoms with E-state index in [0.29, 0.717) is 16.1 Å². The summed E-state index contributed by atoms with van der Waals surface area (Å²) >= 11 is 1.19. The van der Waals surface area contributed by atoms with E-state index in [9.17, 15) is 14.4 Å². The van der Waals surface area contributed by atoms with Gasteiger partial charge >= 0.3 is 5.97 Å². The number of carbonyl (C=O) groups is 3. The third kappa shape index (κ3) is 2.88. The van der Waals surface area contributed by atoms with Gasteiger partial charge in [-0.05, 0) is 38.3 Å². The third-order valence-corrected chi connectivity index (χ3v) is 4.88. The first kappa shape index (κ1) is 18.1. The molecule has 2 amide bonds. The van der Waals surface area contributed by atoms with Gasteiger partial charge in [0.15, 0.2) is 0 Å². The SMILES string of the molecule is CN1C(=O)C(OC(=O)c2cccs2)(C(=O)NC(C)(C)C)c2ccccc21. The molecular weight excluding hydrogens is 352 g/mol. The van der Waals surface area contributed by atoms with Crippen LogP contribution in [0.15, 0.2) is 41.8 Å². The maximum absolute atomic E-state index is 13.2. The van der Waals surface area contributed by atoms with Gasteiger partial charge in [-0.15, -0.1) is 11.3 Å². The maximum Gasteiger partial charge on any atom is 0.350 e. The molecule has 1 aliphatic heterocycles. The molecule has 1 unspecified atom stereocenters. The quantitative estimate of drug-likeness (QED) is 0.664. The van der Waals surface area contributed by atoms with E-state index >= 15 is 0 Å². The number of nitrogens with zero attached hydrogens (tertiary/aromatic N) is 1. The molecule has 1 aromatic carbocycles. The van der Waals surface area contributed by atoms with Gasteiger partial charge in [0, 0.05) is 18.2 Å². The van der Waals surface area contributed by atoms with Gasteiger partial charge in [0.25, 0.3) is 17.4 Å². The van der Waals surface area contributed by atoms with Crippen molar-refractivity contribution in [3.05, 3.63) is 52.2 Å². The molecule has 0 spiro atoms. The monoisotopic (exact) mass is 372 g/mol. The molecule has 26 heavy (non-hydrogen) atoms. The number of thiophene rings is 1. The number of hydrogen-bond acceptors (Lipinski definition) is 5. The fourth-order valence-electron chi connectivity index (χ4n) is 2.90. The summed E-state index contributed by atoms with van der Waals surface area (Å²) in [5.74, 6) is -1.95. The lowest BCUT2D eigenvalue weighted by Gasteiger charge is -2.31. The highest BCUT2D eigenvalue weighted by atomic mass is 32.1. The van der Waals surface area contributed by atoms with Crippen molar-refractivity contribution in [1.82, 2.24) is 5.32 Å². The Balaban J connectivity index is 2.13. The first-order chi connectivity index (χ1) is 12.2. The van der Waals surface area contributed by atoms with E-state index in [4.69, 9.17) is 4.74 Å². The second-order valence-electron chi connectivity index (χ2n) is 7.13. The van der Waals surface area contributed by atoms with Crippen LogP contribution >= 0.6 is 11.3 Å². The average Bonchev–Trinajstić information content (AvgIpc) is 3.17. The van der Waals surface area contributed by atoms with Crippen molar-refractivity contribution in [2.75, 3.05) is 11.9 Å². The van der Waals surface area contributed by atoms with Crippen LogP contribution in [0.25, 0.3) is 0 Å². The van der Waals surface area contributed by atoms with E-state index < -0.39 is 28.9 Å². The van der Waals surface area contributed by atoms with Crippen LogP contribution in [0, 0.1) is 0 Å². The Labute approximate surface area is 155 Å². The van der Waals surface area contributed by atoms with E-state index in [1.807, 2.05) is 0 Å². The Hall–Kier alpha value is -2.67. The summed E-state index contributed by atoms with van der Waals surface area (Å²) in [5, 5.41) is 4.52. The van der Waals surface area contributed by atoms with Crippen LogP contribution in [-0.2, 0) is 19.9 Å². The van der Waals surface area contributed by atoms with Crippen LogP contribution in [0.4, 0.5) is 5.69 Å². The van der Waals surface area contributed by atoms with Crippen LogP contribution < -0.4 is 10.2 Å². The number of carbonyl (C=O) groups excluding carboxylic acids is 3. The number of nitrogens with one attached hydrogen (secondary N) is 1. The number of ether oxygens (including phenoxy) is 1. The van der Waals surface area contributed by atoms with Crippen LogP contribution in [0.2, 0.25) is 0 Å². The molecule has 0 saturated carbocycles. The molecular formula is C19H20N2O4S. The number of anilines is 1. The second kappa shape index (κ2) is 6.25. The number of likely N-dealkylation sites (N-methyl/N-ethyl adjacent to an activating group) is 1. The van der Waals surface area contributed by atoms with Gasteiger partial charge in [-0.25, -0.2) is 4.79 Å². The van der Waals surface area contributed by atoms with E-state index in [-0.39, 0.29) is 0 Å². The molecule has 3 rings (SSSR count). The Morgan fingerprint density at radius 1 is 1.15 bits per heavy atom. The van der Waals surface area contributed by atoms with Crippen molar-refractivity contribution in [3.8, 4) is 0 Å². The number of fused-ring (bicyclic) bond motifs is 1. The Morgan fingerprint density at radius 3 is 2.46 bits per heavy atom. The summed E-state index contributed by atoms with van der Waals surface area (Å²) in [5.41, 5.74) is -1.74. The minimum Gasteiger partial charge on any atom is -0.429 e. The fraction of sp³-hybridized carbons (Fsp3) is 0.316. The zero-order chi connectivity index (χ0) is 19.1. The zero-order valence-corrected chi connectivity index (χ0v) is 15.8. The smallest absolute Gasteiger partial charge is 0.350 e. The second-order valence-corrected chi connectivity index (χ2v) is 8.08. The van der Waals surface area contributed by atoms with Gasteiger partial charge in [0.1, 0.15) is 4.88 Å². The molecule has 1 aliphatic rings. The van der Waals surface area contributed by atoms with Gasteiger partial charge < -0.3 is 15.0 Å². The van der Waals surface area contributed by atoms with Crippen molar-refractivity contribution >= 4 is 34.8 Å². The topological polar surface area (TPSA) is 75.7 Å². The lowest BCUT2D eigenvalue weighted by Crippen LogP contribution is -2.57. The number of benzene rings is 1. The average molecular weight is 372 g/mol. The number of rotatable bonds is 3. The molecule has 0 aliphatic carbocycles. The van der Waals surface area contributed by atoms with Crippen LogP contribution in [0.1, 0.15) is 36.0 Å². The molecule has 1 N–H and O–H groups in total.